The van der Waals surface area contributed by atoms with Crippen molar-refractivity contribution in [1.82, 2.24) is 9.55 Å². The first-order valence-electron chi connectivity index (χ1n) is 10.3. The largest absolute Gasteiger partial charge is 0.437 e. The van der Waals surface area contributed by atoms with Crippen molar-refractivity contribution in [1.29, 1.82) is 0 Å². The van der Waals surface area contributed by atoms with Gasteiger partial charge in [0.25, 0.3) is 0 Å². The van der Waals surface area contributed by atoms with Crippen molar-refractivity contribution in [2.75, 3.05) is 6.61 Å². The number of aliphatic hydroxyl groups is 2. The Kier molecular flexibility index (Phi) is 5.53. The van der Waals surface area contributed by atoms with Gasteiger partial charge in [0, 0.05) is 18.2 Å². The quantitative estimate of drug-likeness (QED) is 0.667. The fourth-order valence-corrected chi connectivity index (χ4v) is 3.68. The van der Waals surface area contributed by atoms with Gasteiger partial charge in [-0.2, -0.15) is 4.98 Å². The van der Waals surface area contributed by atoms with E-state index in [9.17, 15) is 15.0 Å². The summed E-state index contributed by atoms with van der Waals surface area (Å²) in [5, 5.41) is 19.9. The predicted octanol–water partition coefficient (Wildman–Crippen LogP) is 3.28. The Morgan fingerprint density at radius 1 is 1.23 bits per heavy atom. The first kappa shape index (κ1) is 20.8. The van der Waals surface area contributed by atoms with E-state index < -0.39 is 24.1 Å². The molecule has 160 valence electrons. The molecule has 0 bridgehead atoms. The molecule has 1 fully saturated rings. The van der Waals surface area contributed by atoms with Crippen LogP contribution in [0.4, 0.5) is 0 Å². The summed E-state index contributed by atoms with van der Waals surface area (Å²) in [7, 11) is 0. The average molecular weight is 412 g/mol. The molecule has 2 aromatic heterocycles. The Balaban J connectivity index is 1.57. The number of rotatable bonds is 5. The molecule has 0 radical (unpaired) electrons. The molecule has 3 heterocycles. The lowest BCUT2D eigenvalue weighted by Gasteiger charge is -2.17. The molecular weight excluding hydrogens is 384 g/mol. The van der Waals surface area contributed by atoms with E-state index in [2.05, 4.69) is 37.9 Å². The van der Waals surface area contributed by atoms with Gasteiger partial charge in [0.2, 0.25) is 5.71 Å². The van der Waals surface area contributed by atoms with Crippen LogP contribution in [0.15, 0.2) is 45.7 Å². The molecule has 7 nitrogen and oxygen atoms in total. The van der Waals surface area contributed by atoms with E-state index in [1.54, 1.807) is 6.20 Å². The summed E-state index contributed by atoms with van der Waals surface area (Å²) >= 11 is 0. The van der Waals surface area contributed by atoms with Crippen molar-refractivity contribution in [3.05, 3.63) is 52.6 Å². The summed E-state index contributed by atoms with van der Waals surface area (Å²) in [4.78, 5) is 16.5. The van der Waals surface area contributed by atoms with E-state index >= 15 is 0 Å². The zero-order valence-corrected chi connectivity index (χ0v) is 17.5. The zero-order chi connectivity index (χ0) is 21.5. The van der Waals surface area contributed by atoms with E-state index in [1.165, 1.54) is 10.1 Å². The minimum atomic E-state index is -0.820. The maximum Gasteiger partial charge on any atom is 0.353 e. The Hall–Kier alpha value is -2.48. The van der Waals surface area contributed by atoms with Crippen molar-refractivity contribution in [3.63, 3.8) is 0 Å². The molecule has 0 spiro atoms. The van der Waals surface area contributed by atoms with E-state index in [0.29, 0.717) is 16.6 Å². The summed E-state index contributed by atoms with van der Waals surface area (Å²) in [5.74, 6) is 0.637. The molecule has 1 aliphatic rings. The summed E-state index contributed by atoms with van der Waals surface area (Å²) in [6.45, 7) is 6.41. The number of furan rings is 1. The number of ether oxygens (including phenoxy) is 1. The molecule has 3 atom stereocenters. The summed E-state index contributed by atoms with van der Waals surface area (Å²) in [6.07, 6.45) is 1.80. The van der Waals surface area contributed by atoms with Gasteiger partial charge in [-0.3, -0.25) is 4.57 Å². The van der Waals surface area contributed by atoms with Gasteiger partial charge < -0.3 is 19.4 Å². The lowest BCUT2D eigenvalue weighted by atomic mass is 9.88. The van der Waals surface area contributed by atoms with Crippen molar-refractivity contribution >= 4 is 11.1 Å². The Morgan fingerprint density at radius 2 is 1.97 bits per heavy atom. The predicted molar refractivity (Wildman–Crippen MR) is 113 cm³/mol. The smallest absolute Gasteiger partial charge is 0.353 e. The third-order valence-corrected chi connectivity index (χ3v) is 5.53. The fraction of sp³-hybridized carbons (Fsp3) is 0.478. The second kappa shape index (κ2) is 7.98. The highest BCUT2D eigenvalue weighted by molar-refractivity contribution is 5.79. The topological polar surface area (TPSA) is 97.7 Å². The van der Waals surface area contributed by atoms with Gasteiger partial charge in [-0.25, -0.2) is 4.79 Å². The average Bonchev–Trinajstić information content (AvgIpc) is 3.28. The maximum atomic E-state index is 12.4. The van der Waals surface area contributed by atoms with Crippen LogP contribution < -0.4 is 5.69 Å². The lowest BCUT2D eigenvalue weighted by Crippen LogP contribution is -2.27. The van der Waals surface area contributed by atoms with Gasteiger partial charge in [0.15, 0.2) is 0 Å². The number of aromatic nitrogens is 2. The van der Waals surface area contributed by atoms with Crippen molar-refractivity contribution < 1.29 is 19.4 Å². The van der Waals surface area contributed by atoms with Crippen molar-refractivity contribution in [3.8, 4) is 11.3 Å². The molecule has 1 aliphatic heterocycles. The van der Waals surface area contributed by atoms with Crippen molar-refractivity contribution in [2.24, 2.45) is 5.41 Å². The second-order valence-corrected chi connectivity index (χ2v) is 9.17. The van der Waals surface area contributed by atoms with Gasteiger partial charge >= 0.3 is 5.69 Å². The fourth-order valence-electron chi connectivity index (χ4n) is 3.68. The molecule has 3 unspecified atom stereocenters. The highest BCUT2D eigenvalue weighted by atomic mass is 16.5. The van der Waals surface area contributed by atoms with Gasteiger partial charge in [-0.05, 0) is 29.9 Å². The van der Waals surface area contributed by atoms with E-state index in [4.69, 9.17) is 9.15 Å². The van der Waals surface area contributed by atoms with Gasteiger partial charge in [0.05, 0.1) is 18.1 Å². The number of aryl methyl sites for hydroxylation is 1. The number of nitrogens with zero attached hydrogens (tertiary/aromatic N) is 2. The van der Waals surface area contributed by atoms with Gasteiger partial charge in [-0.15, -0.1) is 0 Å². The number of fused-ring (bicyclic) bond motifs is 1. The first-order chi connectivity index (χ1) is 14.2. The van der Waals surface area contributed by atoms with Crippen LogP contribution in [0.5, 0.6) is 0 Å². The van der Waals surface area contributed by atoms with E-state index in [0.717, 1.165) is 18.4 Å². The Bertz CT molecular complexity index is 1080. The Morgan fingerprint density at radius 3 is 2.60 bits per heavy atom. The molecule has 0 amide bonds. The second-order valence-electron chi connectivity index (χ2n) is 9.17. The van der Waals surface area contributed by atoms with Crippen LogP contribution in [-0.4, -0.2) is 38.6 Å². The van der Waals surface area contributed by atoms with Crippen LogP contribution in [0.1, 0.15) is 45.4 Å². The number of benzene rings is 1. The molecule has 0 saturated carbocycles. The molecule has 30 heavy (non-hydrogen) atoms. The number of aliphatic hydroxyl groups excluding tert-OH is 2. The van der Waals surface area contributed by atoms with Crippen LogP contribution in [0.2, 0.25) is 0 Å². The highest BCUT2D eigenvalue weighted by Gasteiger charge is 2.35. The minimum absolute atomic E-state index is 0.221. The monoisotopic (exact) mass is 412 g/mol. The van der Waals surface area contributed by atoms with Gasteiger partial charge in [0.1, 0.15) is 18.1 Å². The standard InChI is InChI=1S/C23H28N2O5/c1-23(2,3)9-8-14-4-6-15(7-5-14)18-10-16-12-25(22(28)24-21(16)30-18)20-11-17(27)19(13-26)29-20/h4-7,10,12,17,19-20,26-27H,8-9,11,13H2,1-3H3. The maximum absolute atomic E-state index is 12.4. The number of hydrogen-bond donors (Lipinski definition) is 2. The molecule has 1 aromatic carbocycles. The first-order valence-corrected chi connectivity index (χ1v) is 10.3. The molecular formula is C23H28N2O5. The van der Waals surface area contributed by atoms with Crippen molar-refractivity contribution in [2.45, 2.75) is 58.5 Å². The SMILES string of the molecule is CC(C)(C)CCc1ccc(-c2cc3cn(C4CC(O)C(CO)O4)c(=O)nc3o2)cc1. The normalized spacial score (nSPS) is 22.1. The van der Waals surface area contributed by atoms with Gasteiger partial charge in [-0.1, -0.05) is 45.0 Å². The summed E-state index contributed by atoms with van der Waals surface area (Å²) in [6, 6.07) is 10.1. The van der Waals surface area contributed by atoms with Crippen LogP contribution in [0.3, 0.4) is 0 Å². The van der Waals surface area contributed by atoms with E-state index in [1.807, 2.05) is 18.2 Å². The summed E-state index contributed by atoms with van der Waals surface area (Å²) in [5.41, 5.74) is 2.24. The van der Waals surface area contributed by atoms with E-state index in [-0.39, 0.29) is 18.7 Å². The molecule has 0 aliphatic carbocycles. The highest BCUT2D eigenvalue weighted by Crippen LogP contribution is 2.30. The zero-order valence-electron chi connectivity index (χ0n) is 17.5. The van der Waals surface area contributed by atoms with Crippen LogP contribution in [0, 0.1) is 5.41 Å². The van der Waals surface area contributed by atoms with Crippen LogP contribution in [-0.2, 0) is 11.2 Å². The number of hydrogen-bond acceptors (Lipinski definition) is 6. The molecule has 4 rings (SSSR count). The molecule has 2 N–H and O–H groups in total. The third kappa shape index (κ3) is 4.33. The molecule has 3 aromatic rings. The minimum Gasteiger partial charge on any atom is -0.437 e. The van der Waals surface area contributed by atoms with Crippen LogP contribution >= 0.6 is 0 Å². The Labute approximate surface area is 174 Å². The molecule has 1 saturated heterocycles. The third-order valence-electron chi connectivity index (χ3n) is 5.53. The summed E-state index contributed by atoms with van der Waals surface area (Å²) < 4.78 is 12.7. The molecule has 7 heteroatoms. The van der Waals surface area contributed by atoms with Crippen LogP contribution in [0.25, 0.3) is 22.4 Å². The lowest BCUT2D eigenvalue weighted by molar-refractivity contribution is -0.0457.